The molecule has 0 saturated heterocycles. The van der Waals surface area contributed by atoms with Gasteiger partial charge in [-0.05, 0) is 24.6 Å². The van der Waals surface area contributed by atoms with E-state index in [9.17, 15) is 4.79 Å². The first-order chi connectivity index (χ1) is 14.1. The molecule has 4 heteroatoms. The van der Waals surface area contributed by atoms with Gasteiger partial charge < -0.3 is 16.8 Å². The lowest BCUT2D eigenvalue weighted by atomic mass is 10.0. The molecule has 0 aliphatic heterocycles. The largest absolute Gasteiger partial charge is 0.399 e. The number of carbonyl (C=O) groups excluding carboxylic acids is 1. The highest BCUT2D eigenvalue weighted by Gasteiger charge is 2.06. The minimum absolute atomic E-state index is 0.0926. The van der Waals surface area contributed by atoms with Gasteiger partial charge >= 0.3 is 0 Å². The molecule has 5 N–H and O–H groups in total. The lowest BCUT2D eigenvalue weighted by Gasteiger charge is -2.07. The van der Waals surface area contributed by atoms with E-state index < -0.39 is 0 Å². The Bertz CT molecular complexity index is 525. The van der Waals surface area contributed by atoms with Crippen molar-refractivity contribution in [2.24, 2.45) is 0 Å². The standard InChI is InChI=1S/C25H45N3O/c1-2-3-4-5-6-7-8-9-10-11-12-13-14-15-16-17-18-28-25(29)22-19-23(26)21-24(27)20-22/h19-21H,2-18,26-27H2,1H3,(H,28,29). The third-order valence-corrected chi connectivity index (χ3v) is 5.56. The summed E-state index contributed by atoms with van der Waals surface area (Å²) in [5.41, 5.74) is 13.1. The summed E-state index contributed by atoms with van der Waals surface area (Å²) in [6.07, 6.45) is 21.7. The summed E-state index contributed by atoms with van der Waals surface area (Å²) in [6, 6.07) is 4.99. The van der Waals surface area contributed by atoms with Crippen LogP contribution in [0.1, 0.15) is 120 Å². The highest BCUT2D eigenvalue weighted by Crippen LogP contribution is 2.15. The highest BCUT2D eigenvalue weighted by molar-refractivity contribution is 5.96. The zero-order valence-corrected chi connectivity index (χ0v) is 18.8. The first-order valence-corrected chi connectivity index (χ1v) is 12.1. The fourth-order valence-corrected chi connectivity index (χ4v) is 3.78. The van der Waals surface area contributed by atoms with Gasteiger partial charge in [-0.2, -0.15) is 0 Å². The average molecular weight is 404 g/mol. The van der Waals surface area contributed by atoms with Gasteiger partial charge in [0.2, 0.25) is 0 Å². The summed E-state index contributed by atoms with van der Waals surface area (Å²) >= 11 is 0. The van der Waals surface area contributed by atoms with Crippen molar-refractivity contribution >= 4 is 17.3 Å². The predicted molar refractivity (Wildman–Crippen MR) is 127 cm³/mol. The lowest BCUT2D eigenvalue weighted by Crippen LogP contribution is -2.24. The molecule has 4 nitrogen and oxygen atoms in total. The van der Waals surface area contributed by atoms with Crippen molar-refractivity contribution in [1.29, 1.82) is 0 Å². The van der Waals surface area contributed by atoms with Crippen LogP contribution in [0.5, 0.6) is 0 Å². The number of anilines is 2. The van der Waals surface area contributed by atoms with Crippen LogP contribution in [0, 0.1) is 0 Å². The smallest absolute Gasteiger partial charge is 0.251 e. The summed E-state index contributed by atoms with van der Waals surface area (Å²) in [6.45, 7) is 2.99. The third-order valence-electron chi connectivity index (χ3n) is 5.56. The van der Waals surface area contributed by atoms with E-state index in [0.29, 0.717) is 23.5 Å². The van der Waals surface area contributed by atoms with Crippen molar-refractivity contribution in [3.8, 4) is 0 Å². The molecule has 0 aromatic heterocycles. The minimum atomic E-state index is -0.0926. The van der Waals surface area contributed by atoms with E-state index in [4.69, 9.17) is 11.5 Å². The number of amides is 1. The van der Waals surface area contributed by atoms with E-state index >= 15 is 0 Å². The van der Waals surface area contributed by atoms with Crippen molar-refractivity contribution in [2.75, 3.05) is 18.0 Å². The molecule has 166 valence electrons. The molecule has 0 unspecified atom stereocenters. The molecular weight excluding hydrogens is 358 g/mol. The predicted octanol–water partition coefficient (Wildman–Crippen LogP) is 6.84. The molecule has 29 heavy (non-hydrogen) atoms. The van der Waals surface area contributed by atoms with E-state index in [1.54, 1.807) is 18.2 Å². The SMILES string of the molecule is CCCCCCCCCCCCCCCCCCNC(=O)c1cc(N)cc(N)c1. The number of rotatable bonds is 18. The van der Waals surface area contributed by atoms with Gasteiger partial charge in [0.15, 0.2) is 0 Å². The van der Waals surface area contributed by atoms with Gasteiger partial charge in [0.05, 0.1) is 0 Å². The molecule has 0 spiro atoms. The molecule has 0 bridgehead atoms. The van der Waals surface area contributed by atoms with Crippen LogP contribution >= 0.6 is 0 Å². The fourth-order valence-electron chi connectivity index (χ4n) is 3.78. The maximum Gasteiger partial charge on any atom is 0.251 e. The molecule has 1 rings (SSSR count). The molecule has 0 fully saturated rings. The molecule has 0 radical (unpaired) electrons. The van der Waals surface area contributed by atoms with E-state index in [0.717, 1.165) is 6.42 Å². The first kappa shape index (κ1) is 25.3. The maximum atomic E-state index is 12.1. The highest BCUT2D eigenvalue weighted by atomic mass is 16.1. The van der Waals surface area contributed by atoms with Crippen LogP contribution in [0.25, 0.3) is 0 Å². The summed E-state index contributed by atoms with van der Waals surface area (Å²) in [7, 11) is 0. The second kappa shape index (κ2) is 17.2. The zero-order valence-electron chi connectivity index (χ0n) is 18.8. The van der Waals surface area contributed by atoms with Gasteiger partial charge in [0.25, 0.3) is 5.91 Å². The molecule has 0 heterocycles. The Morgan fingerprint density at radius 1 is 0.655 bits per heavy atom. The number of nitrogens with two attached hydrogens (primary N) is 2. The van der Waals surface area contributed by atoms with Crippen LogP contribution in [-0.2, 0) is 0 Å². The van der Waals surface area contributed by atoms with Crippen LogP contribution in [0.3, 0.4) is 0 Å². The third kappa shape index (κ3) is 14.0. The van der Waals surface area contributed by atoms with Gasteiger partial charge in [0, 0.05) is 23.5 Å². The number of carbonyl (C=O) groups is 1. The number of nitrogens with one attached hydrogen (secondary N) is 1. The summed E-state index contributed by atoms with van der Waals surface area (Å²) in [5.74, 6) is -0.0926. The molecule has 1 aromatic rings. The first-order valence-electron chi connectivity index (χ1n) is 12.1. The maximum absolute atomic E-state index is 12.1. The van der Waals surface area contributed by atoms with Crippen LogP contribution in [0.2, 0.25) is 0 Å². The zero-order chi connectivity index (χ0) is 21.2. The van der Waals surface area contributed by atoms with Crippen molar-refractivity contribution in [2.45, 2.75) is 110 Å². The number of hydrogen-bond acceptors (Lipinski definition) is 3. The van der Waals surface area contributed by atoms with Crippen molar-refractivity contribution < 1.29 is 4.79 Å². The van der Waals surface area contributed by atoms with E-state index in [1.165, 1.54) is 96.3 Å². The minimum Gasteiger partial charge on any atom is -0.399 e. The number of nitrogen functional groups attached to an aromatic ring is 2. The van der Waals surface area contributed by atoms with Crippen molar-refractivity contribution in [3.63, 3.8) is 0 Å². The summed E-state index contributed by atoms with van der Waals surface area (Å²) < 4.78 is 0. The molecular formula is C25H45N3O. The molecule has 1 amide bonds. The van der Waals surface area contributed by atoms with Gasteiger partial charge in [-0.3, -0.25) is 4.79 Å². The number of unbranched alkanes of at least 4 members (excludes halogenated alkanes) is 15. The van der Waals surface area contributed by atoms with Gasteiger partial charge in [0.1, 0.15) is 0 Å². The Morgan fingerprint density at radius 3 is 1.45 bits per heavy atom. The molecule has 0 saturated carbocycles. The monoisotopic (exact) mass is 403 g/mol. The molecule has 0 atom stereocenters. The van der Waals surface area contributed by atoms with Crippen molar-refractivity contribution in [3.05, 3.63) is 23.8 Å². The quantitative estimate of drug-likeness (QED) is 0.185. The van der Waals surface area contributed by atoms with Crippen LogP contribution in [-0.4, -0.2) is 12.5 Å². The number of benzene rings is 1. The van der Waals surface area contributed by atoms with E-state index in [2.05, 4.69) is 12.2 Å². The topological polar surface area (TPSA) is 81.1 Å². The fraction of sp³-hybridized carbons (Fsp3) is 0.720. The molecule has 0 aliphatic carbocycles. The second-order valence-electron chi connectivity index (χ2n) is 8.45. The summed E-state index contributed by atoms with van der Waals surface area (Å²) in [4.78, 5) is 12.1. The lowest BCUT2D eigenvalue weighted by molar-refractivity contribution is 0.0953. The Morgan fingerprint density at radius 2 is 1.03 bits per heavy atom. The molecule has 1 aromatic carbocycles. The Labute approximate surface area is 179 Å². The van der Waals surface area contributed by atoms with Gasteiger partial charge in [-0.1, -0.05) is 103 Å². The summed E-state index contributed by atoms with van der Waals surface area (Å²) in [5, 5.41) is 2.95. The second-order valence-corrected chi connectivity index (χ2v) is 8.45. The van der Waals surface area contributed by atoms with Gasteiger partial charge in [-0.15, -0.1) is 0 Å². The number of hydrogen-bond donors (Lipinski definition) is 3. The van der Waals surface area contributed by atoms with Crippen LogP contribution in [0.4, 0.5) is 11.4 Å². The van der Waals surface area contributed by atoms with E-state index in [-0.39, 0.29) is 5.91 Å². The Balaban J connectivity index is 1.84. The Hall–Kier alpha value is -1.71. The van der Waals surface area contributed by atoms with Crippen LogP contribution < -0.4 is 16.8 Å². The molecule has 0 aliphatic rings. The normalized spacial score (nSPS) is 10.9. The van der Waals surface area contributed by atoms with E-state index in [1.807, 2.05) is 0 Å². The Kier molecular flexibility index (Phi) is 15.0. The van der Waals surface area contributed by atoms with Crippen molar-refractivity contribution in [1.82, 2.24) is 5.32 Å². The van der Waals surface area contributed by atoms with Gasteiger partial charge in [-0.25, -0.2) is 0 Å². The average Bonchev–Trinajstić information content (AvgIpc) is 2.69. The van der Waals surface area contributed by atoms with Crippen LogP contribution in [0.15, 0.2) is 18.2 Å².